The van der Waals surface area contributed by atoms with Crippen LogP contribution in [-0.4, -0.2) is 49.8 Å². The van der Waals surface area contributed by atoms with Crippen molar-refractivity contribution in [2.24, 2.45) is 0 Å². The smallest absolute Gasteiger partial charge is 0.108 e. The highest BCUT2D eigenvalue weighted by Gasteiger charge is 2.48. The number of ether oxygens (including phenoxy) is 2. The van der Waals surface area contributed by atoms with Crippen molar-refractivity contribution >= 4 is 10.9 Å². The number of rotatable bonds is 5. The van der Waals surface area contributed by atoms with Crippen molar-refractivity contribution in [1.82, 2.24) is 9.88 Å². The summed E-state index contributed by atoms with van der Waals surface area (Å²) in [5.74, 6) is 0. The molecule has 1 N–H and O–H groups in total. The molecule has 1 aromatic heterocycles. The molecule has 4 heteroatoms. The molecule has 2 aliphatic rings. The van der Waals surface area contributed by atoms with Crippen LogP contribution in [0.3, 0.4) is 0 Å². The third kappa shape index (κ3) is 2.88. The number of hydrogen-bond donors (Lipinski definition) is 1. The SMILES string of the molecule is COCCCC1(N(C)C)CCC2(CC1)OCCc1c2[nH]c2ccccc12. The second-order valence-corrected chi connectivity index (χ2v) is 8.33. The lowest BCUT2D eigenvalue weighted by molar-refractivity contribution is -0.113. The van der Waals surface area contributed by atoms with Gasteiger partial charge in [-0.15, -0.1) is 0 Å². The molecule has 4 rings (SSSR count). The monoisotopic (exact) mass is 356 g/mol. The van der Waals surface area contributed by atoms with Crippen molar-refractivity contribution in [1.29, 1.82) is 0 Å². The first kappa shape index (κ1) is 18.0. The van der Waals surface area contributed by atoms with E-state index >= 15 is 0 Å². The second kappa shape index (κ2) is 6.99. The standard InChI is InChI=1S/C22H32N2O2/c1-24(2)21(10-6-15-25-3)11-13-22(14-12-21)20-18(9-16-26-22)17-7-4-5-8-19(17)23-20/h4-5,7-8,23H,6,9-16H2,1-3H3. The van der Waals surface area contributed by atoms with Crippen molar-refractivity contribution in [2.45, 2.75) is 56.1 Å². The minimum atomic E-state index is -0.118. The number of fused-ring (bicyclic) bond motifs is 4. The lowest BCUT2D eigenvalue weighted by Crippen LogP contribution is -2.52. The summed E-state index contributed by atoms with van der Waals surface area (Å²) in [5, 5.41) is 1.38. The molecule has 1 aliphatic heterocycles. The van der Waals surface area contributed by atoms with Crippen LogP contribution >= 0.6 is 0 Å². The van der Waals surface area contributed by atoms with E-state index in [1.807, 2.05) is 0 Å². The molecule has 0 atom stereocenters. The predicted molar refractivity (Wildman–Crippen MR) is 106 cm³/mol. The van der Waals surface area contributed by atoms with Gasteiger partial charge in [0.05, 0.1) is 12.3 Å². The van der Waals surface area contributed by atoms with Gasteiger partial charge in [0.25, 0.3) is 0 Å². The van der Waals surface area contributed by atoms with E-state index in [-0.39, 0.29) is 11.1 Å². The highest BCUT2D eigenvalue weighted by atomic mass is 16.5. The maximum atomic E-state index is 6.49. The summed E-state index contributed by atoms with van der Waals surface area (Å²) in [7, 11) is 6.27. The molecule has 0 saturated heterocycles. The Labute approximate surface area is 156 Å². The molecule has 2 aromatic rings. The summed E-state index contributed by atoms with van der Waals surface area (Å²) in [5.41, 5.74) is 4.26. The Bertz CT molecular complexity index is 757. The summed E-state index contributed by atoms with van der Waals surface area (Å²) >= 11 is 0. The molecular weight excluding hydrogens is 324 g/mol. The number of para-hydroxylation sites is 1. The van der Waals surface area contributed by atoms with Gasteiger partial charge in [-0.05, 0) is 70.7 Å². The Kier molecular flexibility index (Phi) is 4.84. The maximum absolute atomic E-state index is 6.49. The van der Waals surface area contributed by atoms with E-state index in [1.165, 1.54) is 41.4 Å². The van der Waals surface area contributed by atoms with E-state index in [2.05, 4.69) is 48.2 Å². The van der Waals surface area contributed by atoms with E-state index in [4.69, 9.17) is 9.47 Å². The Balaban J connectivity index is 1.61. The molecule has 2 heterocycles. The lowest BCUT2D eigenvalue weighted by atomic mass is 9.69. The molecule has 4 nitrogen and oxygen atoms in total. The van der Waals surface area contributed by atoms with Gasteiger partial charge in [0.2, 0.25) is 0 Å². The van der Waals surface area contributed by atoms with Gasteiger partial charge in [0.15, 0.2) is 0 Å². The zero-order valence-corrected chi connectivity index (χ0v) is 16.4. The normalized spacial score (nSPS) is 28.8. The van der Waals surface area contributed by atoms with E-state index < -0.39 is 0 Å². The first-order valence-electron chi connectivity index (χ1n) is 10.0. The molecule has 26 heavy (non-hydrogen) atoms. The zero-order chi connectivity index (χ0) is 18.2. The quantitative estimate of drug-likeness (QED) is 0.815. The number of benzene rings is 1. The summed E-state index contributed by atoms with van der Waals surface area (Å²) in [6, 6.07) is 8.71. The number of aromatic amines is 1. The summed E-state index contributed by atoms with van der Waals surface area (Å²) in [6.07, 6.45) is 7.89. The molecule has 1 fully saturated rings. The van der Waals surface area contributed by atoms with Gasteiger partial charge in [-0.25, -0.2) is 0 Å². The Morgan fingerprint density at radius 1 is 1.15 bits per heavy atom. The molecule has 0 amide bonds. The van der Waals surface area contributed by atoms with Crippen LogP contribution in [0.5, 0.6) is 0 Å². The molecule has 1 spiro atoms. The third-order valence-corrected chi connectivity index (χ3v) is 6.93. The van der Waals surface area contributed by atoms with Crippen LogP contribution < -0.4 is 0 Å². The molecule has 0 radical (unpaired) electrons. The minimum Gasteiger partial charge on any atom is -0.385 e. The Morgan fingerprint density at radius 2 is 1.92 bits per heavy atom. The van der Waals surface area contributed by atoms with E-state index in [0.717, 1.165) is 38.9 Å². The molecule has 142 valence electrons. The first-order chi connectivity index (χ1) is 12.6. The highest BCUT2D eigenvalue weighted by molar-refractivity contribution is 5.85. The van der Waals surface area contributed by atoms with Gasteiger partial charge in [0, 0.05) is 30.2 Å². The number of hydrogen-bond acceptors (Lipinski definition) is 3. The fraction of sp³-hybridized carbons (Fsp3) is 0.636. The fourth-order valence-corrected chi connectivity index (χ4v) is 5.25. The van der Waals surface area contributed by atoms with Gasteiger partial charge in [-0.3, -0.25) is 0 Å². The average Bonchev–Trinajstić information content (AvgIpc) is 3.04. The molecule has 0 unspecified atom stereocenters. The largest absolute Gasteiger partial charge is 0.385 e. The Morgan fingerprint density at radius 3 is 2.65 bits per heavy atom. The lowest BCUT2D eigenvalue weighted by Gasteiger charge is -2.50. The number of aromatic nitrogens is 1. The summed E-state index contributed by atoms with van der Waals surface area (Å²) in [4.78, 5) is 6.18. The van der Waals surface area contributed by atoms with Crippen molar-refractivity contribution in [3.63, 3.8) is 0 Å². The number of methoxy groups -OCH3 is 1. The minimum absolute atomic E-state index is 0.118. The fourth-order valence-electron chi connectivity index (χ4n) is 5.25. The second-order valence-electron chi connectivity index (χ2n) is 8.33. The van der Waals surface area contributed by atoms with Crippen LogP contribution in [0.2, 0.25) is 0 Å². The van der Waals surface area contributed by atoms with E-state index in [0.29, 0.717) is 0 Å². The zero-order valence-electron chi connectivity index (χ0n) is 16.4. The van der Waals surface area contributed by atoms with Crippen LogP contribution in [-0.2, 0) is 21.5 Å². The highest BCUT2D eigenvalue weighted by Crippen LogP contribution is 2.50. The molecular formula is C22H32N2O2. The summed E-state index contributed by atoms with van der Waals surface area (Å²) < 4.78 is 11.8. The Hall–Kier alpha value is -1.36. The topological polar surface area (TPSA) is 37.5 Å². The van der Waals surface area contributed by atoms with Gasteiger partial charge in [-0.1, -0.05) is 18.2 Å². The van der Waals surface area contributed by atoms with Gasteiger partial charge < -0.3 is 19.4 Å². The van der Waals surface area contributed by atoms with E-state index in [1.54, 1.807) is 7.11 Å². The predicted octanol–water partition coefficient (Wildman–Crippen LogP) is 4.24. The average molecular weight is 357 g/mol. The van der Waals surface area contributed by atoms with Crippen molar-refractivity contribution in [3.8, 4) is 0 Å². The van der Waals surface area contributed by atoms with Crippen molar-refractivity contribution < 1.29 is 9.47 Å². The number of nitrogens with one attached hydrogen (secondary N) is 1. The molecule has 1 aromatic carbocycles. The number of nitrogens with zero attached hydrogens (tertiary/aromatic N) is 1. The van der Waals surface area contributed by atoms with Crippen LogP contribution in [0.25, 0.3) is 10.9 Å². The van der Waals surface area contributed by atoms with Crippen LogP contribution in [0.15, 0.2) is 24.3 Å². The van der Waals surface area contributed by atoms with Crippen LogP contribution in [0, 0.1) is 0 Å². The summed E-state index contributed by atoms with van der Waals surface area (Å²) in [6.45, 7) is 1.69. The third-order valence-electron chi connectivity index (χ3n) is 6.93. The molecule has 0 bridgehead atoms. The number of H-pyrrole nitrogens is 1. The van der Waals surface area contributed by atoms with E-state index in [9.17, 15) is 0 Å². The van der Waals surface area contributed by atoms with Gasteiger partial charge in [0.1, 0.15) is 5.60 Å². The van der Waals surface area contributed by atoms with Gasteiger partial charge in [-0.2, -0.15) is 0 Å². The molecule has 1 aliphatic carbocycles. The maximum Gasteiger partial charge on any atom is 0.108 e. The van der Waals surface area contributed by atoms with Crippen LogP contribution in [0.4, 0.5) is 0 Å². The first-order valence-corrected chi connectivity index (χ1v) is 10.0. The van der Waals surface area contributed by atoms with Gasteiger partial charge >= 0.3 is 0 Å². The van der Waals surface area contributed by atoms with Crippen molar-refractivity contribution in [2.75, 3.05) is 34.4 Å². The van der Waals surface area contributed by atoms with Crippen LogP contribution in [0.1, 0.15) is 49.8 Å². The van der Waals surface area contributed by atoms with Crippen molar-refractivity contribution in [3.05, 3.63) is 35.5 Å². The molecule has 1 saturated carbocycles.